The second-order valence-electron chi connectivity index (χ2n) is 5.52. The largest absolute Gasteiger partial charge is 0.369 e. The fraction of sp³-hybridized carbons (Fsp3) is 0.333. The van der Waals surface area contributed by atoms with Crippen LogP contribution in [0.5, 0.6) is 0 Å². The molecular weight excluding hydrogens is 258 g/mol. The van der Waals surface area contributed by atoms with E-state index in [2.05, 4.69) is 70.5 Å². The lowest BCUT2D eigenvalue weighted by molar-refractivity contribution is 0.190. The second-order valence-corrected chi connectivity index (χ2v) is 5.52. The number of hydrogen-bond donors (Lipinski definition) is 1. The third-order valence-corrected chi connectivity index (χ3v) is 4.28. The average molecular weight is 281 g/mol. The van der Waals surface area contributed by atoms with E-state index >= 15 is 0 Å². The Hall–Kier alpha value is -1.84. The van der Waals surface area contributed by atoms with Gasteiger partial charge in [-0.1, -0.05) is 48.5 Å². The molecule has 0 radical (unpaired) electrons. The molecule has 0 aromatic heterocycles. The fourth-order valence-electron chi connectivity index (χ4n) is 3.10. The number of anilines is 1. The van der Waals surface area contributed by atoms with Crippen LogP contribution in [0.15, 0.2) is 60.7 Å². The lowest BCUT2D eigenvalue weighted by atomic mass is 10.0. The van der Waals surface area contributed by atoms with Crippen LogP contribution in [-0.2, 0) is 0 Å². The zero-order valence-electron chi connectivity index (χ0n) is 12.4. The Labute approximate surface area is 127 Å². The monoisotopic (exact) mass is 281 g/mol. The van der Waals surface area contributed by atoms with Crippen molar-refractivity contribution in [3.8, 4) is 0 Å². The van der Waals surface area contributed by atoms with Gasteiger partial charge in [-0.05, 0) is 17.7 Å². The van der Waals surface area contributed by atoms with Gasteiger partial charge in [0.2, 0.25) is 0 Å². The molecule has 3 heteroatoms. The minimum atomic E-state index is 0.337. The van der Waals surface area contributed by atoms with Crippen LogP contribution in [0.3, 0.4) is 0 Å². The summed E-state index contributed by atoms with van der Waals surface area (Å²) in [7, 11) is 0. The van der Waals surface area contributed by atoms with E-state index in [0.717, 1.165) is 26.2 Å². The molecule has 1 fully saturated rings. The summed E-state index contributed by atoms with van der Waals surface area (Å²) < 4.78 is 0. The maximum absolute atomic E-state index is 6.03. The molecule has 1 saturated heterocycles. The van der Waals surface area contributed by atoms with Gasteiger partial charge in [0.15, 0.2) is 0 Å². The molecule has 0 saturated carbocycles. The van der Waals surface area contributed by atoms with Crippen LogP contribution in [0, 0.1) is 0 Å². The first kappa shape index (κ1) is 14.1. The first-order valence-corrected chi connectivity index (χ1v) is 7.67. The van der Waals surface area contributed by atoms with Crippen molar-refractivity contribution in [2.45, 2.75) is 6.04 Å². The Bertz CT molecular complexity index is 533. The van der Waals surface area contributed by atoms with Crippen LogP contribution in [0.2, 0.25) is 0 Å². The van der Waals surface area contributed by atoms with E-state index in [1.165, 1.54) is 11.3 Å². The minimum absolute atomic E-state index is 0.337. The number of nitrogens with two attached hydrogens (primary N) is 1. The maximum Gasteiger partial charge on any atom is 0.0471 e. The van der Waals surface area contributed by atoms with Gasteiger partial charge in [-0.2, -0.15) is 0 Å². The highest BCUT2D eigenvalue weighted by atomic mass is 15.3. The Kier molecular flexibility index (Phi) is 4.53. The Morgan fingerprint density at radius 1 is 0.810 bits per heavy atom. The second kappa shape index (κ2) is 6.74. The highest BCUT2D eigenvalue weighted by Gasteiger charge is 2.23. The molecule has 3 rings (SSSR count). The lowest BCUT2D eigenvalue weighted by Gasteiger charge is -2.40. The van der Waals surface area contributed by atoms with Crippen molar-refractivity contribution in [3.63, 3.8) is 0 Å². The molecule has 0 aliphatic carbocycles. The minimum Gasteiger partial charge on any atom is -0.369 e. The summed E-state index contributed by atoms with van der Waals surface area (Å²) in [4.78, 5) is 4.96. The summed E-state index contributed by atoms with van der Waals surface area (Å²) in [6.07, 6.45) is 0. The Morgan fingerprint density at radius 2 is 1.38 bits per heavy atom. The van der Waals surface area contributed by atoms with Gasteiger partial charge in [-0.15, -0.1) is 0 Å². The number of rotatable bonds is 4. The van der Waals surface area contributed by atoms with E-state index < -0.39 is 0 Å². The van der Waals surface area contributed by atoms with Crippen LogP contribution in [-0.4, -0.2) is 37.6 Å². The van der Waals surface area contributed by atoms with Crippen LogP contribution in [0.4, 0.5) is 5.69 Å². The van der Waals surface area contributed by atoms with Gasteiger partial charge in [0.1, 0.15) is 0 Å². The molecule has 0 amide bonds. The number of nitrogens with zero attached hydrogens (tertiary/aromatic N) is 2. The highest BCUT2D eigenvalue weighted by Crippen LogP contribution is 2.23. The smallest absolute Gasteiger partial charge is 0.0471 e. The Balaban J connectivity index is 1.65. The molecule has 1 heterocycles. The summed E-state index contributed by atoms with van der Waals surface area (Å²) in [5.74, 6) is 0. The fourth-order valence-corrected chi connectivity index (χ4v) is 3.10. The van der Waals surface area contributed by atoms with Crippen molar-refractivity contribution in [1.29, 1.82) is 0 Å². The van der Waals surface area contributed by atoms with E-state index in [1.54, 1.807) is 0 Å². The number of hydrogen-bond acceptors (Lipinski definition) is 3. The molecule has 1 aliphatic rings. The summed E-state index contributed by atoms with van der Waals surface area (Å²) in [6, 6.07) is 21.6. The van der Waals surface area contributed by atoms with E-state index in [9.17, 15) is 0 Å². The van der Waals surface area contributed by atoms with Gasteiger partial charge >= 0.3 is 0 Å². The molecule has 1 atom stereocenters. The van der Waals surface area contributed by atoms with E-state index in [4.69, 9.17) is 5.73 Å². The predicted molar refractivity (Wildman–Crippen MR) is 88.5 cm³/mol. The normalized spacial score (nSPS) is 17.7. The highest BCUT2D eigenvalue weighted by molar-refractivity contribution is 5.46. The van der Waals surface area contributed by atoms with Gasteiger partial charge < -0.3 is 10.6 Å². The zero-order chi connectivity index (χ0) is 14.5. The summed E-state index contributed by atoms with van der Waals surface area (Å²) in [6.45, 7) is 4.92. The van der Waals surface area contributed by atoms with Crippen molar-refractivity contribution in [3.05, 3.63) is 66.2 Å². The van der Waals surface area contributed by atoms with Gasteiger partial charge in [0.25, 0.3) is 0 Å². The molecule has 2 aromatic rings. The van der Waals surface area contributed by atoms with Crippen LogP contribution < -0.4 is 10.6 Å². The first-order valence-electron chi connectivity index (χ1n) is 7.67. The number of para-hydroxylation sites is 1. The van der Waals surface area contributed by atoms with Gasteiger partial charge in [0.05, 0.1) is 0 Å². The molecule has 2 N–H and O–H groups in total. The van der Waals surface area contributed by atoms with E-state index in [0.29, 0.717) is 12.6 Å². The standard InChI is InChI=1S/C18H23N3/c19-15-18(16-7-3-1-4-8-16)21-13-11-20(12-14-21)17-9-5-2-6-10-17/h1-10,18H,11-15,19H2/t18-/m1/s1. The predicted octanol–water partition coefficient (Wildman–Crippen LogP) is 2.51. The van der Waals surface area contributed by atoms with Crippen molar-refractivity contribution in [1.82, 2.24) is 4.90 Å². The van der Waals surface area contributed by atoms with Crippen LogP contribution in [0.25, 0.3) is 0 Å². The third-order valence-electron chi connectivity index (χ3n) is 4.28. The van der Waals surface area contributed by atoms with Crippen molar-refractivity contribution in [2.24, 2.45) is 5.73 Å². The lowest BCUT2D eigenvalue weighted by Crippen LogP contribution is -2.49. The van der Waals surface area contributed by atoms with Gasteiger partial charge in [0, 0.05) is 44.5 Å². The molecule has 2 aromatic carbocycles. The molecule has 3 nitrogen and oxygen atoms in total. The van der Waals surface area contributed by atoms with Crippen LogP contribution >= 0.6 is 0 Å². The Morgan fingerprint density at radius 3 is 1.95 bits per heavy atom. The van der Waals surface area contributed by atoms with Gasteiger partial charge in [-0.3, -0.25) is 4.90 Å². The molecule has 0 bridgehead atoms. The molecule has 1 aliphatic heterocycles. The zero-order valence-corrected chi connectivity index (χ0v) is 12.4. The summed E-state index contributed by atoms with van der Waals surface area (Å²) >= 11 is 0. The topological polar surface area (TPSA) is 32.5 Å². The van der Waals surface area contributed by atoms with Crippen molar-refractivity contribution < 1.29 is 0 Å². The van der Waals surface area contributed by atoms with Crippen LogP contribution in [0.1, 0.15) is 11.6 Å². The van der Waals surface area contributed by atoms with E-state index in [-0.39, 0.29) is 0 Å². The average Bonchev–Trinajstić information content (AvgIpc) is 2.58. The number of benzene rings is 2. The van der Waals surface area contributed by atoms with E-state index in [1.807, 2.05) is 0 Å². The SMILES string of the molecule is NC[C@H](c1ccccc1)N1CCN(c2ccccc2)CC1. The van der Waals surface area contributed by atoms with Crippen molar-refractivity contribution in [2.75, 3.05) is 37.6 Å². The van der Waals surface area contributed by atoms with Crippen molar-refractivity contribution >= 4 is 5.69 Å². The molecule has 0 unspecified atom stereocenters. The quantitative estimate of drug-likeness (QED) is 0.934. The first-order chi connectivity index (χ1) is 10.4. The molecule has 21 heavy (non-hydrogen) atoms. The third kappa shape index (κ3) is 3.26. The summed E-state index contributed by atoms with van der Waals surface area (Å²) in [5.41, 5.74) is 8.67. The van der Waals surface area contributed by atoms with Gasteiger partial charge in [-0.25, -0.2) is 0 Å². The number of piperazine rings is 1. The maximum atomic E-state index is 6.03. The molecule has 0 spiro atoms. The molecule has 110 valence electrons. The summed E-state index contributed by atoms with van der Waals surface area (Å²) in [5, 5.41) is 0. The molecular formula is C18H23N3.